The molecule has 4 aliphatic rings. The number of carbonyl (C=O) groups is 3. The highest BCUT2D eigenvalue weighted by atomic mass is 16.6. The van der Waals surface area contributed by atoms with Crippen molar-refractivity contribution in [2.45, 2.75) is 24.7 Å². The summed E-state index contributed by atoms with van der Waals surface area (Å²) in [6, 6.07) is 5.02. The van der Waals surface area contributed by atoms with Crippen molar-refractivity contribution in [2.75, 3.05) is 38.4 Å². The highest BCUT2D eigenvalue weighted by Crippen LogP contribution is 2.55. The number of nitrogens with zero attached hydrogens (tertiary/aromatic N) is 1. The second-order valence-corrected chi connectivity index (χ2v) is 8.50. The number of hydrogen-bond donors (Lipinski definition) is 4. The molecule has 1 aliphatic carbocycles. The molecule has 2 fully saturated rings. The van der Waals surface area contributed by atoms with E-state index in [1.54, 1.807) is 25.1 Å². The molecule has 1 aromatic carbocycles. The second kappa shape index (κ2) is 7.22. The second-order valence-electron chi connectivity index (χ2n) is 8.50. The number of carbonyl (C=O) groups excluding carboxylic acids is 3. The lowest BCUT2D eigenvalue weighted by Crippen LogP contribution is -2.55. The topological polar surface area (TPSA) is 168 Å². The Labute approximate surface area is 189 Å². The SMILES string of the molecule is COc1ccc(NC2=C(C)C(=O)C3=C(C2=O)[C@H](COC(N)=O)C2(OC)[C@@H]4N[C@@H]4CN32)cc1N. The number of hydrogen-bond acceptors (Lipinski definition) is 10. The Morgan fingerprint density at radius 3 is 2.70 bits per heavy atom. The van der Waals surface area contributed by atoms with Gasteiger partial charge in [-0.3, -0.25) is 9.59 Å². The van der Waals surface area contributed by atoms with Crippen molar-refractivity contribution in [2.24, 2.45) is 11.7 Å². The molecule has 11 heteroatoms. The average molecular weight is 455 g/mol. The van der Waals surface area contributed by atoms with Gasteiger partial charge in [-0.05, 0) is 25.1 Å². The number of rotatable bonds is 6. The molecule has 0 saturated carbocycles. The molecule has 0 radical (unpaired) electrons. The van der Waals surface area contributed by atoms with Gasteiger partial charge in [0, 0.05) is 36.5 Å². The Kier molecular flexibility index (Phi) is 4.66. The Morgan fingerprint density at radius 1 is 1.30 bits per heavy atom. The van der Waals surface area contributed by atoms with Crippen molar-refractivity contribution < 1.29 is 28.6 Å². The van der Waals surface area contributed by atoms with Gasteiger partial charge < -0.3 is 41.2 Å². The maximum absolute atomic E-state index is 13.8. The molecule has 33 heavy (non-hydrogen) atoms. The lowest BCUT2D eigenvalue weighted by Gasteiger charge is -2.39. The Morgan fingerprint density at radius 2 is 2.06 bits per heavy atom. The molecule has 3 heterocycles. The van der Waals surface area contributed by atoms with E-state index in [0.717, 1.165) is 0 Å². The number of ketones is 2. The summed E-state index contributed by atoms with van der Waals surface area (Å²) in [5.74, 6) is -0.844. The highest BCUT2D eigenvalue weighted by molar-refractivity contribution is 6.26. The maximum Gasteiger partial charge on any atom is 0.404 e. The normalized spacial score (nSPS) is 29.7. The van der Waals surface area contributed by atoms with E-state index in [4.69, 9.17) is 25.7 Å². The van der Waals surface area contributed by atoms with Crippen LogP contribution in [-0.2, 0) is 19.1 Å². The summed E-state index contributed by atoms with van der Waals surface area (Å²) in [6.45, 7) is 1.93. The fraction of sp³-hybridized carbons (Fsp3) is 0.409. The first-order valence-electron chi connectivity index (χ1n) is 10.5. The van der Waals surface area contributed by atoms with Crippen molar-refractivity contribution in [3.05, 3.63) is 40.7 Å². The average Bonchev–Trinajstić information content (AvgIpc) is 3.40. The third-order valence-electron chi connectivity index (χ3n) is 6.93. The lowest BCUT2D eigenvalue weighted by molar-refractivity contribution is -0.137. The molecule has 1 unspecified atom stereocenters. The van der Waals surface area contributed by atoms with Crippen LogP contribution in [0.1, 0.15) is 6.92 Å². The summed E-state index contributed by atoms with van der Waals surface area (Å²) in [4.78, 5) is 40.5. The van der Waals surface area contributed by atoms with Gasteiger partial charge in [0.2, 0.25) is 11.6 Å². The number of piperazine rings is 1. The molecule has 0 bridgehead atoms. The number of nitrogens with two attached hydrogens (primary N) is 2. The number of fused-ring (bicyclic) bond motifs is 4. The van der Waals surface area contributed by atoms with Crippen molar-refractivity contribution in [3.63, 3.8) is 0 Å². The van der Waals surface area contributed by atoms with E-state index in [-0.39, 0.29) is 47.1 Å². The van der Waals surface area contributed by atoms with Crippen molar-refractivity contribution in [3.8, 4) is 5.75 Å². The van der Waals surface area contributed by atoms with E-state index in [1.165, 1.54) is 14.2 Å². The van der Waals surface area contributed by atoms with Crippen LogP contribution in [0.3, 0.4) is 0 Å². The van der Waals surface area contributed by atoms with Crippen LogP contribution in [0.15, 0.2) is 40.7 Å². The van der Waals surface area contributed by atoms with Gasteiger partial charge in [-0.2, -0.15) is 0 Å². The van der Waals surface area contributed by atoms with Gasteiger partial charge in [-0.1, -0.05) is 0 Å². The zero-order chi connectivity index (χ0) is 23.7. The molecule has 6 N–H and O–H groups in total. The van der Waals surface area contributed by atoms with E-state index < -0.39 is 17.7 Å². The summed E-state index contributed by atoms with van der Waals surface area (Å²) in [5, 5.41) is 6.38. The van der Waals surface area contributed by atoms with Crippen LogP contribution in [0, 0.1) is 5.92 Å². The van der Waals surface area contributed by atoms with Crippen LogP contribution in [0.5, 0.6) is 5.75 Å². The van der Waals surface area contributed by atoms with E-state index in [2.05, 4.69) is 10.6 Å². The largest absolute Gasteiger partial charge is 0.495 e. The van der Waals surface area contributed by atoms with E-state index in [1.807, 2.05) is 4.90 Å². The molecule has 1 amide bonds. The number of nitrogen functional groups attached to an aromatic ring is 1. The fourth-order valence-electron chi connectivity index (χ4n) is 5.40. The standard InChI is InChI=1S/C22H25N5O6/c1-9-16(25-10-4-5-14(31-2)12(23)6-10)19(29)15-11(8-33-21(24)30)22(32-3)20-13(26-20)7-27(22)17(15)18(9)28/h4-6,11,13,20,25-26H,7-8,23H2,1-3H3,(H2,24,30)/t11-,13+,20+,22?/m0/s1. The summed E-state index contributed by atoms with van der Waals surface area (Å²) in [7, 11) is 3.04. The minimum Gasteiger partial charge on any atom is -0.495 e. The monoisotopic (exact) mass is 455 g/mol. The number of allylic oxidation sites excluding steroid dienone is 2. The summed E-state index contributed by atoms with van der Waals surface area (Å²) < 4.78 is 16.3. The van der Waals surface area contributed by atoms with Crippen LogP contribution >= 0.6 is 0 Å². The predicted molar refractivity (Wildman–Crippen MR) is 117 cm³/mol. The smallest absolute Gasteiger partial charge is 0.404 e. The number of amides is 1. The zero-order valence-corrected chi connectivity index (χ0v) is 18.4. The minimum atomic E-state index is -1.02. The molecular formula is C22H25N5O6. The molecule has 2 saturated heterocycles. The third-order valence-corrected chi connectivity index (χ3v) is 6.93. The van der Waals surface area contributed by atoms with Gasteiger partial charge in [-0.25, -0.2) is 4.79 Å². The van der Waals surface area contributed by atoms with Gasteiger partial charge in [-0.15, -0.1) is 0 Å². The summed E-state index contributed by atoms with van der Waals surface area (Å²) >= 11 is 0. The van der Waals surface area contributed by atoms with Crippen molar-refractivity contribution in [1.82, 2.24) is 10.2 Å². The summed E-state index contributed by atoms with van der Waals surface area (Å²) in [6.07, 6.45) is -0.964. The van der Waals surface area contributed by atoms with Gasteiger partial charge in [0.05, 0.1) is 36.2 Å². The Bertz CT molecular complexity index is 1160. The van der Waals surface area contributed by atoms with Gasteiger partial charge >= 0.3 is 6.09 Å². The first-order chi connectivity index (χ1) is 15.7. The molecule has 0 aromatic heterocycles. The maximum atomic E-state index is 13.8. The quantitative estimate of drug-likeness (QED) is 0.262. The number of nitrogens with one attached hydrogen (secondary N) is 2. The van der Waals surface area contributed by atoms with Gasteiger partial charge in [0.1, 0.15) is 12.4 Å². The molecule has 0 spiro atoms. The third kappa shape index (κ3) is 2.85. The van der Waals surface area contributed by atoms with E-state index >= 15 is 0 Å². The highest BCUT2D eigenvalue weighted by Gasteiger charge is 2.72. The first-order valence-corrected chi connectivity index (χ1v) is 10.5. The molecule has 1 aromatic rings. The number of Topliss-reactive ketones (excluding diaryl/α,β-unsaturated/α-hetero) is 2. The van der Waals surface area contributed by atoms with Crippen LogP contribution < -0.4 is 26.8 Å². The van der Waals surface area contributed by atoms with E-state index in [9.17, 15) is 14.4 Å². The number of ether oxygens (including phenoxy) is 3. The molecule has 3 aliphatic heterocycles. The molecule has 4 atom stereocenters. The van der Waals surface area contributed by atoms with Crippen LogP contribution in [0.4, 0.5) is 16.2 Å². The van der Waals surface area contributed by atoms with Crippen molar-refractivity contribution >= 4 is 29.0 Å². The van der Waals surface area contributed by atoms with Crippen LogP contribution in [0.2, 0.25) is 0 Å². The summed E-state index contributed by atoms with van der Waals surface area (Å²) in [5.41, 5.74) is 12.1. The van der Waals surface area contributed by atoms with Crippen LogP contribution in [-0.4, -0.2) is 67.7 Å². The van der Waals surface area contributed by atoms with Gasteiger partial charge in [0.25, 0.3) is 0 Å². The molecule has 11 nitrogen and oxygen atoms in total. The zero-order valence-electron chi connectivity index (χ0n) is 18.4. The number of methoxy groups -OCH3 is 2. The van der Waals surface area contributed by atoms with Crippen LogP contribution in [0.25, 0.3) is 0 Å². The molecular weight excluding hydrogens is 430 g/mol. The Balaban J connectivity index is 1.54. The molecule has 5 rings (SSSR count). The lowest BCUT2D eigenvalue weighted by atomic mass is 9.82. The minimum absolute atomic E-state index is 0.103. The van der Waals surface area contributed by atoms with Gasteiger partial charge in [0.15, 0.2) is 5.72 Å². The van der Waals surface area contributed by atoms with E-state index in [0.29, 0.717) is 29.4 Å². The number of benzene rings is 1. The predicted octanol–water partition coefficient (Wildman–Crippen LogP) is 0.0930. The number of primary amides is 1. The Hall–Kier alpha value is -3.57. The first kappa shape index (κ1) is 21.3. The molecule has 174 valence electrons. The number of anilines is 2. The fourth-order valence-corrected chi connectivity index (χ4v) is 5.40. The van der Waals surface area contributed by atoms with Crippen molar-refractivity contribution in [1.29, 1.82) is 0 Å².